The molecular weight excluding hydrogens is 240 g/mol. The molecule has 4 heteroatoms. The first-order chi connectivity index (χ1) is 9.06. The second-order valence-corrected chi connectivity index (χ2v) is 6.68. The van der Waals surface area contributed by atoms with Crippen LogP contribution in [0, 0.1) is 11.8 Å². The molecule has 1 amide bonds. The SMILES string of the molecule is CC1CCCC(CO)(NC(=O)C2NCCCC2C)C1. The Morgan fingerprint density at radius 2 is 2.16 bits per heavy atom. The van der Waals surface area contributed by atoms with Crippen LogP contribution >= 0.6 is 0 Å². The van der Waals surface area contributed by atoms with Crippen molar-refractivity contribution in [3.63, 3.8) is 0 Å². The van der Waals surface area contributed by atoms with Crippen molar-refractivity contribution in [2.75, 3.05) is 13.2 Å². The number of rotatable bonds is 3. The average molecular weight is 268 g/mol. The Morgan fingerprint density at radius 3 is 2.79 bits per heavy atom. The van der Waals surface area contributed by atoms with Gasteiger partial charge in [-0.2, -0.15) is 0 Å². The summed E-state index contributed by atoms with van der Waals surface area (Å²) in [4.78, 5) is 12.5. The first kappa shape index (κ1) is 14.8. The number of aliphatic hydroxyl groups is 1. The molecule has 0 spiro atoms. The third-order valence-corrected chi connectivity index (χ3v) is 4.83. The van der Waals surface area contributed by atoms with Crippen molar-refractivity contribution in [3.05, 3.63) is 0 Å². The minimum absolute atomic E-state index is 0.0597. The van der Waals surface area contributed by atoms with Crippen LogP contribution in [-0.2, 0) is 4.79 Å². The summed E-state index contributed by atoms with van der Waals surface area (Å²) in [5.41, 5.74) is -0.381. The van der Waals surface area contributed by atoms with Crippen LogP contribution < -0.4 is 10.6 Å². The molecule has 110 valence electrons. The normalized spacial score (nSPS) is 39.8. The summed E-state index contributed by atoms with van der Waals surface area (Å²) < 4.78 is 0. The number of carbonyl (C=O) groups excluding carboxylic acids is 1. The van der Waals surface area contributed by atoms with Gasteiger partial charge in [-0.1, -0.05) is 26.7 Å². The predicted molar refractivity (Wildman–Crippen MR) is 75.8 cm³/mol. The molecule has 19 heavy (non-hydrogen) atoms. The summed E-state index contributed by atoms with van der Waals surface area (Å²) in [6, 6.07) is -0.0885. The maximum Gasteiger partial charge on any atom is 0.237 e. The van der Waals surface area contributed by atoms with Gasteiger partial charge >= 0.3 is 0 Å². The molecule has 0 aromatic heterocycles. The Labute approximate surface area is 116 Å². The van der Waals surface area contributed by atoms with Gasteiger partial charge in [0.1, 0.15) is 0 Å². The molecule has 2 aliphatic rings. The summed E-state index contributed by atoms with van der Waals surface area (Å²) in [7, 11) is 0. The summed E-state index contributed by atoms with van der Waals surface area (Å²) >= 11 is 0. The second-order valence-electron chi connectivity index (χ2n) is 6.68. The lowest BCUT2D eigenvalue weighted by Gasteiger charge is -2.41. The Morgan fingerprint density at radius 1 is 1.37 bits per heavy atom. The summed E-state index contributed by atoms with van der Waals surface area (Å²) in [6.07, 6.45) is 6.35. The Bertz CT molecular complexity index is 321. The fourth-order valence-corrected chi connectivity index (χ4v) is 3.70. The number of carbonyl (C=O) groups is 1. The van der Waals surface area contributed by atoms with Crippen LogP contribution in [0.5, 0.6) is 0 Å². The van der Waals surface area contributed by atoms with Crippen molar-refractivity contribution in [3.8, 4) is 0 Å². The third-order valence-electron chi connectivity index (χ3n) is 4.83. The molecule has 4 atom stereocenters. The van der Waals surface area contributed by atoms with E-state index in [1.54, 1.807) is 0 Å². The van der Waals surface area contributed by atoms with Gasteiger partial charge in [0.05, 0.1) is 18.2 Å². The molecule has 0 radical (unpaired) electrons. The molecule has 2 rings (SSSR count). The molecule has 0 aromatic carbocycles. The first-order valence-electron chi connectivity index (χ1n) is 7.72. The number of amides is 1. The van der Waals surface area contributed by atoms with Crippen LogP contribution in [0.15, 0.2) is 0 Å². The van der Waals surface area contributed by atoms with Crippen molar-refractivity contribution in [2.24, 2.45) is 11.8 Å². The van der Waals surface area contributed by atoms with E-state index in [0.717, 1.165) is 38.6 Å². The van der Waals surface area contributed by atoms with E-state index in [-0.39, 0.29) is 24.1 Å². The Hall–Kier alpha value is -0.610. The minimum Gasteiger partial charge on any atom is -0.394 e. The Kier molecular flexibility index (Phi) is 4.85. The van der Waals surface area contributed by atoms with Crippen molar-refractivity contribution in [2.45, 2.75) is 64.0 Å². The highest BCUT2D eigenvalue weighted by molar-refractivity contribution is 5.83. The summed E-state index contributed by atoms with van der Waals surface area (Å²) in [5, 5.41) is 16.2. The lowest BCUT2D eigenvalue weighted by molar-refractivity contribution is -0.128. The van der Waals surface area contributed by atoms with Crippen LogP contribution in [0.2, 0.25) is 0 Å². The highest BCUT2D eigenvalue weighted by atomic mass is 16.3. The molecule has 4 nitrogen and oxygen atoms in total. The minimum atomic E-state index is -0.381. The van der Waals surface area contributed by atoms with Gasteiger partial charge < -0.3 is 15.7 Å². The first-order valence-corrected chi connectivity index (χ1v) is 7.72. The maximum atomic E-state index is 12.5. The molecule has 2 fully saturated rings. The van der Waals surface area contributed by atoms with E-state index in [1.807, 2.05) is 0 Å². The number of hydrogen-bond acceptors (Lipinski definition) is 3. The quantitative estimate of drug-likeness (QED) is 0.725. The molecule has 1 aliphatic heterocycles. The topological polar surface area (TPSA) is 61.4 Å². The maximum absolute atomic E-state index is 12.5. The van der Waals surface area contributed by atoms with Crippen LogP contribution in [0.25, 0.3) is 0 Å². The zero-order chi connectivity index (χ0) is 13.9. The Balaban J connectivity index is 1.99. The van der Waals surface area contributed by atoms with E-state index in [2.05, 4.69) is 24.5 Å². The van der Waals surface area contributed by atoms with E-state index in [0.29, 0.717) is 11.8 Å². The zero-order valence-corrected chi connectivity index (χ0v) is 12.2. The van der Waals surface area contributed by atoms with Crippen molar-refractivity contribution >= 4 is 5.91 Å². The van der Waals surface area contributed by atoms with Gasteiger partial charge in [-0.05, 0) is 44.1 Å². The zero-order valence-electron chi connectivity index (χ0n) is 12.2. The van der Waals surface area contributed by atoms with Crippen molar-refractivity contribution < 1.29 is 9.90 Å². The van der Waals surface area contributed by atoms with Crippen LogP contribution in [0.4, 0.5) is 0 Å². The monoisotopic (exact) mass is 268 g/mol. The number of nitrogens with one attached hydrogen (secondary N) is 2. The van der Waals surface area contributed by atoms with Gasteiger partial charge in [0.25, 0.3) is 0 Å². The molecule has 4 unspecified atom stereocenters. The molecule has 0 bridgehead atoms. The highest BCUT2D eigenvalue weighted by Crippen LogP contribution is 2.32. The number of piperidine rings is 1. The molecule has 1 aliphatic carbocycles. The highest BCUT2D eigenvalue weighted by Gasteiger charge is 2.38. The van der Waals surface area contributed by atoms with Crippen LogP contribution in [-0.4, -0.2) is 35.7 Å². The van der Waals surface area contributed by atoms with Crippen LogP contribution in [0.1, 0.15) is 52.4 Å². The van der Waals surface area contributed by atoms with E-state index in [1.165, 1.54) is 6.42 Å². The summed E-state index contributed by atoms with van der Waals surface area (Å²) in [5.74, 6) is 1.04. The molecule has 0 aromatic rings. The number of hydrogen-bond donors (Lipinski definition) is 3. The summed E-state index contributed by atoms with van der Waals surface area (Å²) in [6.45, 7) is 5.32. The largest absolute Gasteiger partial charge is 0.394 e. The van der Waals surface area contributed by atoms with E-state index < -0.39 is 0 Å². The van der Waals surface area contributed by atoms with Gasteiger partial charge in [-0.25, -0.2) is 0 Å². The van der Waals surface area contributed by atoms with Crippen LogP contribution in [0.3, 0.4) is 0 Å². The van der Waals surface area contributed by atoms with Gasteiger partial charge in [-0.3, -0.25) is 4.79 Å². The average Bonchev–Trinajstić information content (AvgIpc) is 2.39. The second kappa shape index (κ2) is 6.23. The fraction of sp³-hybridized carbons (Fsp3) is 0.933. The molecular formula is C15H28N2O2. The lowest BCUT2D eigenvalue weighted by Crippen LogP contribution is -2.60. The van der Waals surface area contributed by atoms with E-state index in [4.69, 9.17) is 0 Å². The standard InChI is InChI=1S/C15H28N2O2/c1-11-5-3-7-15(9-11,10-18)17-14(19)13-12(2)6-4-8-16-13/h11-13,16,18H,3-10H2,1-2H3,(H,17,19). The van der Waals surface area contributed by atoms with E-state index in [9.17, 15) is 9.90 Å². The third kappa shape index (κ3) is 3.48. The number of aliphatic hydroxyl groups excluding tert-OH is 1. The molecule has 3 N–H and O–H groups in total. The molecule has 1 saturated carbocycles. The molecule has 1 saturated heterocycles. The van der Waals surface area contributed by atoms with Gasteiger partial charge in [0, 0.05) is 0 Å². The van der Waals surface area contributed by atoms with Gasteiger partial charge in [-0.15, -0.1) is 0 Å². The van der Waals surface area contributed by atoms with Crippen molar-refractivity contribution in [1.29, 1.82) is 0 Å². The van der Waals surface area contributed by atoms with Gasteiger partial charge in [0.2, 0.25) is 5.91 Å². The fourth-order valence-electron chi connectivity index (χ4n) is 3.70. The van der Waals surface area contributed by atoms with Gasteiger partial charge in [0.15, 0.2) is 0 Å². The van der Waals surface area contributed by atoms with Crippen molar-refractivity contribution in [1.82, 2.24) is 10.6 Å². The molecule has 1 heterocycles. The predicted octanol–water partition coefficient (Wildman–Crippen LogP) is 1.43. The smallest absolute Gasteiger partial charge is 0.237 e. The lowest BCUT2D eigenvalue weighted by atomic mass is 9.76. The van der Waals surface area contributed by atoms with E-state index >= 15 is 0 Å².